The summed E-state index contributed by atoms with van der Waals surface area (Å²) in [6.07, 6.45) is 7.18. The van der Waals surface area contributed by atoms with Gasteiger partial charge in [0.05, 0.1) is 0 Å². The average Bonchev–Trinajstić information content (AvgIpc) is 3.17. The number of halogens is 1. The fourth-order valence-corrected chi connectivity index (χ4v) is 2.94. The molecular weight excluding hydrogens is 421 g/mol. The summed E-state index contributed by atoms with van der Waals surface area (Å²) in [5.74, 6) is 1.97. The Labute approximate surface area is 159 Å². The van der Waals surface area contributed by atoms with Crippen LogP contribution in [0.3, 0.4) is 0 Å². The molecule has 0 fully saturated rings. The molecule has 2 N–H and O–H groups in total. The summed E-state index contributed by atoms with van der Waals surface area (Å²) >= 11 is 1.80. The van der Waals surface area contributed by atoms with Gasteiger partial charge in [-0.3, -0.25) is 4.99 Å². The predicted octanol–water partition coefficient (Wildman–Crippen LogP) is 3.06. The zero-order valence-electron chi connectivity index (χ0n) is 13.8. The van der Waals surface area contributed by atoms with E-state index in [1.165, 1.54) is 4.88 Å². The van der Waals surface area contributed by atoms with Crippen molar-refractivity contribution in [1.29, 1.82) is 0 Å². The van der Waals surface area contributed by atoms with Gasteiger partial charge in [-0.15, -0.1) is 35.3 Å². The summed E-state index contributed by atoms with van der Waals surface area (Å²) in [5.41, 5.74) is 0. The van der Waals surface area contributed by atoms with Crippen LogP contribution in [-0.2, 0) is 13.0 Å². The molecule has 2 aromatic rings. The maximum Gasteiger partial charge on any atom is 0.190 e. The summed E-state index contributed by atoms with van der Waals surface area (Å²) in [5, 5.41) is 8.83. The number of rotatable bonds is 8. The highest BCUT2D eigenvalue weighted by Crippen LogP contribution is 2.07. The predicted molar refractivity (Wildman–Crippen MR) is 109 cm³/mol. The Balaban J connectivity index is 0.00000264. The minimum absolute atomic E-state index is 0. The topological polar surface area (TPSA) is 54.2 Å². The van der Waals surface area contributed by atoms with Gasteiger partial charge in [0.15, 0.2) is 5.96 Å². The first-order valence-corrected chi connectivity index (χ1v) is 8.62. The third kappa shape index (κ3) is 7.34. The van der Waals surface area contributed by atoms with Crippen molar-refractivity contribution in [3.63, 3.8) is 0 Å². The van der Waals surface area contributed by atoms with E-state index in [1.807, 2.05) is 26.4 Å². The van der Waals surface area contributed by atoms with Gasteiger partial charge in [-0.2, -0.15) is 0 Å². The van der Waals surface area contributed by atoms with Crippen LogP contribution in [-0.4, -0.2) is 35.6 Å². The van der Waals surface area contributed by atoms with Crippen molar-refractivity contribution in [2.75, 3.05) is 20.1 Å². The molecule has 0 bridgehead atoms. The number of hydrogen-bond donors (Lipinski definition) is 2. The van der Waals surface area contributed by atoms with Gasteiger partial charge in [0, 0.05) is 44.0 Å². The van der Waals surface area contributed by atoms with Gasteiger partial charge in [-0.05, 0) is 37.6 Å². The third-order valence-electron chi connectivity index (χ3n) is 3.51. The minimum Gasteiger partial charge on any atom is -0.356 e. The van der Waals surface area contributed by atoms with Crippen molar-refractivity contribution in [3.05, 3.63) is 40.6 Å². The van der Waals surface area contributed by atoms with Crippen LogP contribution in [0.5, 0.6) is 0 Å². The normalized spacial score (nSPS) is 11.1. The first-order valence-electron chi connectivity index (χ1n) is 7.74. The Morgan fingerprint density at radius 2 is 2.13 bits per heavy atom. The number of nitrogens with one attached hydrogen (secondary N) is 2. The van der Waals surface area contributed by atoms with Crippen LogP contribution >= 0.6 is 35.3 Å². The van der Waals surface area contributed by atoms with Crippen LogP contribution in [0.2, 0.25) is 0 Å². The second-order valence-electron chi connectivity index (χ2n) is 5.13. The molecule has 23 heavy (non-hydrogen) atoms. The first-order chi connectivity index (χ1) is 10.8. The Morgan fingerprint density at radius 1 is 1.30 bits per heavy atom. The molecule has 0 aliphatic carbocycles. The Kier molecular flexibility index (Phi) is 9.93. The second kappa shape index (κ2) is 11.4. The highest BCUT2D eigenvalue weighted by molar-refractivity contribution is 14.0. The van der Waals surface area contributed by atoms with Gasteiger partial charge in [0.2, 0.25) is 0 Å². The van der Waals surface area contributed by atoms with Crippen LogP contribution < -0.4 is 10.6 Å². The van der Waals surface area contributed by atoms with Crippen molar-refractivity contribution >= 4 is 41.3 Å². The standard InChI is InChI=1S/C16H25N5S.HI/c1-14-18-10-12-21(14)11-4-3-8-19-16(17-2)20-9-7-15-6-5-13-22-15;/h5-6,10,12-13H,3-4,7-9,11H2,1-2H3,(H2,17,19,20);1H. The zero-order valence-corrected chi connectivity index (χ0v) is 16.9. The summed E-state index contributed by atoms with van der Waals surface area (Å²) in [7, 11) is 1.81. The number of aliphatic imine (C=N–C) groups is 1. The summed E-state index contributed by atoms with van der Waals surface area (Å²) in [6, 6.07) is 4.26. The van der Waals surface area contributed by atoms with Crippen molar-refractivity contribution in [1.82, 2.24) is 20.2 Å². The Hall–Kier alpha value is -1.09. The molecule has 0 saturated carbocycles. The largest absolute Gasteiger partial charge is 0.356 e. The number of imidazole rings is 1. The SMILES string of the molecule is CN=C(NCCCCn1ccnc1C)NCCc1cccs1.I. The number of guanidine groups is 1. The van der Waals surface area contributed by atoms with Gasteiger partial charge in [0.25, 0.3) is 0 Å². The summed E-state index contributed by atoms with van der Waals surface area (Å²) < 4.78 is 2.19. The lowest BCUT2D eigenvalue weighted by atomic mass is 10.3. The van der Waals surface area contributed by atoms with Crippen molar-refractivity contribution in [3.8, 4) is 0 Å². The summed E-state index contributed by atoms with van der Waals surface area (Å²) in [6.45, 7) is 4.91. The van der Waals surface area contributed by atoms with Crippen LogP contribution in [0, 0.1) is 6.92 Å². The van der Waals surface area contributed by atoms with E-state index < -0.39 is 0 Å². The maximum absolute atomic E-state index is 4.25. The van der Waals surface area contributed by atoms with E-state index in [1.54, 1.807) is 11.3 Å². The number of aromatic nitrogens is 2. The second-order valence-corrected chi connectivity index (χ2v) is 6.16. The van der Waals surface area contributed by atoms with E-state index in [2.05, 4.69) is 42.7 Å². The zero-order chi connectivity index (χ0) is 15.6. The van der Waals surface area contributed by atoms with E-state index in [9.17, 15) is 0 Å². The van der Waals surface area contributed by atoms with Crippen LogP contribution in [0.15, 0.2) is 34.9 Å². The fourth-order valence-electron chi connectivity index (χ4n) is 2.23. The van der Waals surface area contributed by atoms with Gasteiger partial charge < -0.3 is 15.2 Å². The number of aryl methyl sites for hydroxylation is 2. The molecule has 5 nitrogen and oxygen atoms in total. The molecule has 0 radical (unpaired) electrons. The van der Waals surface area contributed by atoms with E-state index in [0.29, 0.717) is 0 Å². The molecule has 0 aliphatic heterocycles. The van der Waals surface area contributed by atoms with Crippen LogP contribution in [0.1, 0.15) is 23.5 Å². The van der Waals surface area contributed by atoms with E-state index in [-0.39, 0.29) is 24.0 Å². The molecule has 0 atom stereocenters. The van der Waals surface area contributed by atoms with Crippen LogP contribution in [0.25, 0.3) is 0 Å². The molecule has 2 aromatic heterocycles. The quantitative estimate of drug-likeness (QED) is 0.283. The van der Waals surface area contributed by atoms with Crippen molar-refractivity contribution in [2.45, 2.75) is 32.7 Å². The number of thiophene rings is 1. The highest BCUT2D eigenvalue weighted by atomic mass is 127. The maximum atomic E-state index is 4.25. The van der Waals surface area contributed by atoms with E-state index >= 15 is 0 Å². The monoisotopic (exact) mass is 447 g/mol. The lowest BCUT2D eigenvalue weighted by Gasteiger charge is -2.11. The molecule has 0 amide bonds. The molecule has 7 heteroatoms. The van der Waals surface area contributed by atoms with Gasteiger partial charge in [-0.25, -0.2) is 4.98 Å². The van der Waals surface area contributed by atoms with Gasteiger partial charge in [0.1, 0.15) is 5.82 Å². The first kappa shape index (κ1) is 20.0. The van der Waals surface area contributed by atoms with Crippen molar-refractivity contribution in [2.24, 2.45) is 4.99 Å². The molecule has 0 saturated heterocycles. The Bertz CT molecular complexity index is 565. The highest BCUT2D eigenvalue weighted by Gasteiger charge is 1.99. The number of hydrogen-bond acceptors (Lipinski definition) is 3. The van der Waals surface area contributed by atoms with Crippen LogP contribution in [0.4, 0.5) is 0 Å². The summed E-state index contributed by atoms with van der Waals surface area (Å²) in [4.78, 5) is 9.88. The number of unbranched alkanes of at least 4 members (excludes halogenated alkanes) is 1. The molecule has 0 aromatic carbocycles. The molecule has 2 heterocycles. The molecule has 0 spiro atoms. The van der Waals surface area contributed by atoms with E-state index in [0.717, 1.165) is 50.7 Å². The smallest absolute Gasteiger partial charge is 0.190 e. The van der Waals surface area contributed by atoms with Crippen molar-refractivity contribution < 1.29 is 0 Å². The number of nitrogens with zero attached hydrogens (tertiary/aromatic N) is 3. The molecule has 0 unspecified atom stereocenters. The molecule has 128 valence electrons. The van der Waals surface area contributed by atoms with E-state index in [4.69, 9.17) is 0 Å². The molecular formula is C16H26IN5S. The average molecular weight is 447 g/mol. The van der Waals surface area contributed by atoms with Gasteiger partial charge >= 0.3 is 0 Å². The Morgan fingerprint density at radius 3 is 2.78 bits per heavy atom. The third-order valence-corrected chi connectivity index (χ3v) is 4.45. The molecule has 2 rings (SSSR count). The lowest BCUT2D eigenvalue weighted by molar-refractivity contribution is 0.588. The fraction of sp³-hybridized carbons (Fsp3) is 0.500. The lowest BCUT2D eigenvalue weighted by Crippen LogP contribution is -2.38. The minimum atomic E-state index is 0. The van der Waals surface area contributed by atoms with Gasteiger partial charge in [-0.1, -0.05) is 6.07 Å². The molecule has 0 aliphatic rings.